The van der Waals surface area contributed by atoms with Crippen molar-refractivity contribution < 1.29 is 4.21 Å². The van der Waals surface area contributed by atoms with Crippen LogP contribution in [0.25, 0.3) is 0 Å². The molecule has 1 rings (SSSR count). The van der Waals surface area contributed by atoms with Crippen LogP contribution >= 0.6 is 0 Å². The van der Waals surface area contributed by atoms with Gasteiger partial charge in [0.05, 0.1) is 9.73 Å². The molecule has 1 atom stereocenters. The smallest absolute Gasteiger partial charge is 0.198 e. The Balaban J connectivity index is 3.50. The molecule has 2 N–H and O–H groups in total. The van der Waals surface area contributed by atoms with Gasteiger partial charge in [0.25, 0.3) is 0 Å². The Morgan fingerprint density at radius 3 is 2.64 bits per heavy atom. The monoisotopic (exact) mass is 172 g/mol. The van der Waals surface area contributed by atoms with E-state index in [2.05, 4.69) is 4.98 Å². The minimum absolute atomic E-state index is 0.0278. The molecule has 0 aromatic carbocycles. The van der Waals surface area contributed by atoms with E-state index in [0.29, 0.717) is 0 Å². The molecule has 60 valence electrons. The van der Waals surface area contributed by atoms with Gasteiger partial charge in [0.2, 0.25) is 0 Å². The molecule has 11 heavy (non-hydrogen) atoms. The van der Waals surface area contributed by atoms with Gasteiger partial charge in [-0.15, -0.1) is 0 Å². The van der Waals surface area contributed by atoms with Gasteiger partial charge < -0.3 is 4.98 Å². The highest BCUT2D eigenvalue weighted by Crippen LogP contribution is 1.98. The minimum atomic E-state index is -2.88. The zero-order valence-corrected chi connectivity index (χ0v) is 6.77. The van der Waals surface area contributed by atoms with Crippen molar-refractivity contribution in [2.45, 2.75) is 4.90 Å². The predicted octanol–water partition coefficient (Wildman–Crippen LogP) is 0.410. The van der Waals surface area contributed by atoms with E-state index in [1.165, 1.54) is 24.7 Å². The molecule has 0 saturated heterocycles. The number of H-pyrrole nitrogens is 1. The zero-order valence-electron chi connectivity index (χ0n) is 5.96. The van der Waals surface area contributed by atoms with Crippen LogP contribution < -0.4 is 5.43 Å². The van der Waals surface area contributed by atoms with Crippen LogP contribution in [-0.2, 0) is 9.73 Å². The van der Waals surface area contributed by atoms with Crippen LogP contribution in [0.1, 0.15) is 0 Å². The molecule has 1 aromatic rings. The molecule has 5 heteroatoms. The highest BCUT2D eigenvalue weighted by Gasteiger charge is 2.05. The van der Waals surface area contributed by atoms with Crippen molar-refractivity contribution >= 4 is 9.73 Å². The van der Waals surface area contributed by atoms with E-state index in [-0.39, 0.29) is 10.3 Å². The number of aromatic amines is 1. The summed E-state index contributed by atoms with van der Waals surface area (Å²) in [6, 6.07) is 1.26. The molecule has 0 unspecified atom stereocenters. The first-order valence-corrected chi connectivity index (χ1v) is 4.89. The quantitative estimate of drug-likeness (QED) is 0.643. The van der Waals surface area contributed by atoms with Gasteiger partial charge in [0.15, 0.2) is 5.43 Å². The van der Waals surface area contributed by atoms with Crippen molar-refractivity contribution in [1.29, 1.82) is 4.78 Å². The number of hydrogen-bond acceptors (Lipinski definition) is 3. The Kier molecular flexibility index (Phi) is 1.82. The molecule has 0 aliphatic carbocycles. The van der Waals surface area contributed by atoms with Gasteiger partial charge >= 0.3 is 0 Å². The maximum atomic E-state index is 11.1. The Labute approximate surface area is 64.2 Å². The van der Waals surface area contributed by atoms with Gasteiger partial charge in [0.1, 0.15) is 4.90 Å². The molecular weight excluding hydrogens is 164 g/mol. The van der Waals surface area contributed by atoms with E-state index in [1.807, 2.05) is 0 Å². The summed E-state index contributed by atoms with van der Waals surface area (Å²) in [5.74, 6) is 0. The molecule has 0 aliphatic rings. The van der Waals surface area contributed by atoms with Gasteiger partial charge in [-0.05, 0) is 0 Å². The topological polar surface area (TPSA) is 73.8 Å². The lowest BCUT2D eigenvalue weighted by Gasteiger charge is -1.96. The van der Waals surface area contributed by atoms with Gasteiger partial charge in [-0.1, -0.05) is 0 Å². The Hall–Kier alpha value is -1.10. The van der Waals surface area contributed by atoms with Gasteiger partial charge in [-0.2, -0.15) is 0 Å². The second-order valence-electron chi connectivity index (χ2n) is 2.22. The van der Waals surface area contributed by atoms with E-state index in [9.17, 15) is 9.00 Å². The summed E-state index contributed by atoms with van der Waals surface area (Å²) in [6.45, 7) is 0. The molecule has 0 amide bonds. The first-order valence-electron chi connectivity index (χ1n) is 2.93. The molecule has 1 aromatic heterocycles. The van der Waals surface area contributed by atoms with Crippen LogP contribution in [-0.4, -0.2) is 15.4 Å². The van der Waals surface area contributed by atoms with Crippen LogP contribution in [0.3, 0.4) is 0 Å². The summed E-state index contributed by atoms with van der Waals surface area (Å²) in [5.41, 5.74) is -0.355. The van der Waals surface area contributed by atoms with Crippen molar-refractivity contribution in [2.24, 2.45) is 0 Å². The summed E-state index contributed by atoms with van der Waals surface area (Å²) in [6.07, 6.45) is 3.96. The first-order chi connectivity index (χ1) is 5.02. The van der Waals surface area contributed by atoms with E-state index in [1.54, 1.807) is 0 Å². The number of nitrogens with one attached hydrogen (secondary N) is 2. The predicted molar refractivity (Wildman–Crippen MR) is 42.1 cm³/mol. The Bertz CT molecular complexity index is 405. The lowest BCUT2D eigenvalue weighted by atomic mass is 10.5. The molecule has 4 nitrogen and oxygen atoms in total. The SMILES string of the molecule is C[S@@](=N)(=O)c1c[nH]ccc1=O. The zero-order chi connectivity index (χ0) is 8.48. The van der Waals surface area contributed by atoms with Gasteiger partial charge in [0, 0.05) is 24.7 Å². The Morgan fingerprint density at radius 1 is 1.64 bits per heavy atom. The van der Waals surface area contributed by atoms with E-state index >= 15 is 0 Å². The van der Waals surface area contributed by atoms with Crippen molar-refractivity contribution in [3.63, 3.8) is 0 Å². The maximum Gasteiger partial charge on any atom is 0.198 e. The number of rotatable bonds is 1. The standard InChI is InChI=1S/C6H8N2O2S/c1-11(7,10)6-4-8-3-2-5(6)9/h2-4,7H,1H3,(H,8,9)/t11-/m1/s1. The fourth-order valence-electron chi connectivity index (χ4n) is 0.705. The summed E-state index contributed by atoms with van der Waals surface area (Å²) in [4.78, 5) is 13.6. The normalized spacial score (nSPS) is 15.7. The molecular formula is C6H8N2O2S. The summed E-state index contributed by atoms with van der Waals surface area (Å²) in [7, 11) is -2.88. The fraction of sp³-hybridized carbons (Fsp3) is 0.167. The second kappa shape index (κ2) is 2.50. The van der Waals surface area contributed by atoms with Crippen LogP contribution in [0.5, 0.6) is 0 Å². The molecule has 0 saturated carbocycles. The van der Waals surface area contributed by atoms with Crippen molar-refractivity contribution in [2.75, 3.05) is 6.26 Å². The van der Waals surface area contributed by atoms with Gasteiger partial charge in [-0.3, -0.25) is 4.79 Å². The first kappa shape index (κ1) is 8.00. The average Bonchev–Trinajstić information content (AvgIpc) is 1.86. The molecule has 1 heterocycles. The van der Waals surface area contributed by atoms with E-state index < -0.39 is 9.73 Å². The van der Waals surface area contributed by atoms with Crippen molar-refractivity contribution in [3.05, 3.63) is 28.7 Å². The molecule has 0 bridgehead atoms. The highest BCUT2D eigenvalue weighted by atomic mass is 32.2. The third kappa shape index (κ3) is 1.68. The average molecular weight is 172 g/mol. The minimum Gasteiger partial charge on any atom is -0.366 e. The largest absolute Gasteiger partial charge is 0.366 e. The summed E-state index contributed by atoms with van der Waals surface area (Å²) in [5, 5.41) is 0. The van der Waals surface area contributed by atoms with Gasteiger partial charge in [-0.25, -0.2) is 8.99 Å². The van der Waals surface area contributed by atoms with Crippen LogP contribution in [0.4, 0.5) is 0 Å². The molecule has 0 aliphatic heterocycles. The van der Waals surface area contributed by atoms with E-state index in [4.69, 9.17) is 4.78 Å². The fourth-order valence-corrected chi connectivity index (χ4v) is 1.45. The lowest BCUT2D eigenvalue weighted by Crippen LogP contribution is -2.11. The number of aromatic nitrogens is 1. The highest BCUT2D eigenvalue weighted by molar-refractivity contribution is 7.91. The Morgan fingerprint density at radius 2 is 2.27 bits per heavy atom. The molecule has 0 spiro atoms. The lowest BCUT2D eigenvalue weighted by molar-refractivity contribution is 0.678. The van der Waals surface area contributed by atoms with Crippen LogP contribution in [0.2, 0.25) is 0 Å². The van der Waals surface area contributed by atoms with Crippen molar-refractivity contribution in [3.8, 4) is 0 Å². The van der Waals surface area contributed by atoms with Crippen LogP contribution in [0, 0.1) is 4.78 Å². The van der Waals surface area contributed by atoms with Crippen LogP contribution in [0.15, 0.2) is 28.2 Å². The number of pyridine rings is 1. The number of hydrogen-bond donors (Lipinski definition) is 2. The summed E-state index contributed by atoms with van der Waals surface area (Å²) >= 11 is 0. The molecule has 0 radical (unpaired) electrons. The second-order valence-corrected chi connectivity index (χ2v) is 4.34. The third-order valence-corrected chi connectivity index (χ3v) is 2.37. The van der Waals surface area contributed by atoms with Crippen molar-refractivity contribution in [1.82, 2.24) is 4.98 Å². The molecule has 0 fully saturated rings. The third-order valence-electron chi connectivity index (χ3n) is 1.21. The maximum absolute atomic E-state index is 11.1. The summed E-state index contributed by atoms with van der Waals surface area (Å²) < 4.78 is 18.2. The van der Waals surface area contributed by atoms with E-state index in [0.717, 1.165) is 0 Å².